The van der Waals surface area contributed by atoms with E-state index in [-0.39, 0.29) is 5.92 Å². The summed E-state index contributed by atoms with van der Waals surface area (Å²) in [6.45, 7) is 5.31. The van der Waals surface area contributed by atoms with Gasteiger partial charge in [0.15, 0.2) is 0 Å². The third-order valence-electron chi connectivity index (χ3n) is 7.25. The molecule has 0 radical (unpaired) electrons. The molecule has 134 valence electrons. The lowest BCUT2D eigenvalue weighted by Gasteiger charge is -2.38. The molecule has 1 heterocycles. The maximum Gasteiger partial charge on any atom is 0.226 e. The molecule has 1 aromatic rings. The van der Waals surface area contributed by atoms with Gasteiger partial charge in [0, 0.05) is 38.6 Å². The van der Waals surface area contributed by atoms with Crippen LogP contribution >= 0.6 is 0 Å². The van der Waals surface area contributed by atoms with Crippen LogP contribution in [0.2, 0.25) is 0 Å². The van der Waals surface area contributed by atoms with Crippen LogP contribution in [0.1, 0.15) is 36.8 Å². The zero-order valence-corrected chi connectivity index (χ0v) is 15.2. The van der Waals surface area contributed by atoms with Gasteiger partial charge in [-0.05, 0) is 67.4 Å². The Labute approximate surface area is 151 Å². The van der Waals surface area contributed by atoms with Crippen LogP contribution in [0.3, 0.4) is 0 Å². The van der Waals surface area contributed by atoms with Crippen LogP contribution < -0.4 is 0 Å². The number of hydrogen-bond donors (Lipinski definition) is 0. The van der Waals surface area contributed by atoms with Crippen molar-refractivity contribution in [2.75, 3.05) is 32.7 Å². The molecule has 0 aromatic heterocycles. The number of carbonyl (C=O) groups excluding carboxylic acids is 1. The molecule has 1 aromatic carbocycles. The lowest BCUT2D eigenvalue weighted by molar-refractivity contribution is -0.137. The minimum Gasteiger partial charge on any atom is -0.340 e. The van der Waals surface area contributed by atoms with Crippen molar-refractivity contribution in [2.24, 2.45) is 23.7 Å². The molecule has 1 aliphatic heterocycles. The van der Waals surface area contributed by atoms with Gasteiger partial charge in [-0.3, -0.25) is 9.69 Å². The highest BCUT2D eigenvalue weighted by Crippen LogP contribution is 2.51. The standard InChI is InChI=1S/C22H30N2O/c25-22(21-13-17-3-1-2-4-18(17)14-21)24-9-7-23(8-10-24)15-16-5-6-19-12-20(19)11-16/h1-4,16,19-21H,5-15H2. The van der Waals surface area contributed by atoms with Crippen molar-refractivity contribution in [3.8, 4) is 0 Å². The molecule has 25 heavy (non-hydrogen) atoms. The Morgan fingerprint density at radius 2 is 1.64 bits per heavy atom. The number of rotatable bonds is 3. The first kappa shape index (κ1) is 15.9. The minimum absolute atomic E-state index is 0.189. The summed E-state index contributed by atoms with van der Waals surface area (Å²) < 4.78 is 0. The third-order valence-corrected chi connectivity index (χ3v) is 7.25. The van der Waals surface area contributed by atoms with E-state index in [1.54, 1.807) is 0 Å². The zero-order valence-electron chi connectivity index (χ0n) is 15.2. The number of hydrogen-bond acceptors (Lipinski definition) is 2. The average Bonchev–Trinajstić information content (AvgIpc) is 3.28. The molecule has 5 rings (SSSR count). The Balaban J connectivity index is 1.11. The number of amides is 1. The topological polar surface area (TPSA) is 23.6 Å². The van der Waals surface area contributed by atoms with Gasteiger partial charge in [-0.2, -0.15) is 0 Å². The molecule has 3 heteroatoms. The van der Waals surface area contributed by atoms with Gasteiger partial charge in [0.25, 0.3) is 0 Å². The van der Waals surface area contributed by atoms with Gasteiger partial charge in [-0.1, -0.05) is 24.3 Å². The second-order valence-corrected chi connectivity index (χ2v) is 8.93. The molecule has 3 fully saturated rings. The average molecular weight is 338 g/mol. The highest BCUT2D eigenvalue weighted by atomic mass is 16.2. The largest absolute Gasteiger partial charge is 0.340 e. The first-order valence-corrected chi connectivity index (χ1v) is 10.3. The predicted octanol–water partition coefficient (Wildman–Crippen LogP) is 2.98. The summed E-state index contributed by atoms with van der Waals surface area (Å²) in [5.41, 5.74) is 2.77. The Morgan fingerprint density at radius 3 is 2.32 bits per heavy atom. The second-order valence-electron chi connectivity index (χ2n) is 8.93. The molecule has 4 aliphatic rings. The molecule has 0 bridgehead atoms. The van der Waals surface area contributed by atoms with E-state index in [0.29, 0.717) is 5.91 Å². The summed E-state index contributed by atoms with van der Waals surface area (Å²) in [4.78, 5) is 17.7. The van der Waals surface area contributed by atoms with E-state index in [0.717, 1.165) is 56.8 Å². The van der Waals surface area contributed by atoms with E-state index < -0.39 is 0 Å². The molecule has 2 saturated carbocycles. The van der Waals surface area contributed by atoms with E-state index in [1.807, 2.05) is 0 Å². The number of nitrogens with zero attached hydrogens (tertiary/aromatic N) is 2. The summed E-state index contributed by atoms with van der Waals surface area (Å²) in [5, 5.41) is 0. The Bertz CT molecular complexity index is 624. The van der Waals surface area contributed by atoms with Gasteiger partial charge < -0.3 is 4.90 Å². The van der Waals surface area contributed by atoms with E-state index >= 15 is 0 Å². The van der Waals surface area contributed by atoms with E-state index in [2.05, 4.69) is 34.1 Å². The molecule has 3 atom stereocenters. The van der Waals surface area contributed by atoms with Gasteiger partial charge >= 0.3 is 0 Å². The minimum atomic E-state index is 0.189. The summed E-state index contributed by atoms with van der Waals surface area (Å²) in [7, 11) is 0. The number of carbonyl (C=O) groups is 1. The van der Waals surface area contributed by atoms with Gasteiger partial charge in [0.1, 0.15) is 0 Å². The van der Waals surface area contributed by atoms with Gasteiger partial charge in [0.05, 0.1) is 0 Å². The fourth-order valence-electron chi connectivity index (χ4n) is 5.62. The maximum absolute atomic E-state index is 12.9. The van der Waals surface area contributed by atoms with Crippen LogP contribution in [0.5, 0.6) is 0 Å². The van der Waals surface area contributed by atoms with Crippen molar-refractivity contribution < 1.29 is 4.79 Å². The number of fused-ring (bicyclic) bond motifs is 2. The van der Waals surface area contributed by atoms with E-state index in [9.17, 15) is 4.79 Å². The fourth-order valence-corrected chi connectivity index (χ4v) is 5.62. The maximum atomic E-state index is 12.9. The highest BCUT2D eigenvalue weighted by molar-refractivity contribution is 5.80. The van der Waals surface area contributed by atoms with E-state index in [4.69, 9.17) is 0 Å². The van der Waals surface area contributed by atoms with Crippen LogP contribution in [-0.4, -0.2) is 48.4 Å². The molecule has 3 aliphatic carbocycles. The lowest BCUT2D eigenvalue weighted by atomic mass is 9.89. The van der Waals surface area contributed by atoms with Crippen molar-refractivity contribution in [2.45, 2.75) is 38.5 Å². The Kier molecular flexibility index (Phi) is 4.08. The summed E-state index contributed by atoms with van der Waals surface area (Å²) in [6.07, 6.45) is 7.81. The van der Waals surface area contributed by atoms with Gasteiger partial charge in [-0.15, -0.1) is 0 Å². The van der Waals surface area contributed by atoms with Crippen LogP contribution in [0, 0.1) is 23.7 Å². The van der Waals surface area contributed by atoms with Gasteiger partial charge in [-0.25, -0.2) is 0 Å². The molecule has 0 spiro atoms. The first-order chi connectivity index (χ1) is 12.3. The summed E-state index contributed by atoms with van der Waals surface area (Å²) in [5.74, 6) is 3.69. The molecule has 3 nitrogen and oxygen atoms in total. The monoisotopic (exact) mass is 338 g/mol. The molecule has 0 N–H and O–H groups in total. The Morgan fingerprint density at radius 1 is 0.920 bits per heavy atom. The first-order valence-electron chi connectivity index (χ1n) is 10.3. The van der Waals surface area contributed by atoms with Crippen molar-refractivity contribution in [3.63, 3.8) is 0 Å². The summed E-state index contributed by atoms with van der Waals surface area (Å²) in [6, 6.07) is 8.57. The van der Waals surface area contributed by atoms with E-state index in [1.165, 1.54) is 43.4 Å². The second kappa shape index (κ2) is 6.42. The quantitative estimate of drug-likeness (QED) is 0.846. The van der Waals surface area contributed by atoms with Crippen molar-refractivity contribution in [1.82, 2.24) is 9.80 Å². The molecular weight excluding hydrogens is 308 g/mol. The number of piperazine rings is 1. The fraction of sp³-hybridized carbons (Fsp3) is 0.682. The van der Waals surface area contributed by atoms with Crippen molar-refractivity contribution >= 4 is 5.91 Å². The third kappa shape index (κ3) is 3.23. The molecule has 3 unspecified atom stereocenters. The summed E-state index contributed by atoms with van der Waals surface area (Å²) >= 11 is 0. The van der Waals surface area contributed by atoms with Crippen molar-refractivity contribution in [1.29, 1.82) is 0 Å². The predicted molar refractivity (Wildman–Crippen MR) is 99.3 cm³/mol. The van der Waals surface area contributed by atoms with Crippen LogP contribution in [0.15, 0.2) is 24.3 Å². The smallest absolute Gasteiger partial charge is 0.226 e. The number of benzene rings is 1. The van der Waals surface area contributed by atoms with Crippen LogP contribution in [-0.2, 0) is 17.6 Å². The SMILES string of the molecule is O=C(C1Cc2ccccc2C1)N1CCN(CC2CCC3CC3C2)CC1. The molecule has 1 amide bonds. The molecular formula is C22H30N2O. The molecule has 1 saturated heterocycles. The lowest BCUT2D eigenvalue weighted by Crippen LogP contribution is -2.51. The Hall–Kier alpha value is -1.35. The van der Waals surface area contributed by atoms with Crippen molar-refractivity contribution in [3.05, 3.63) is 35.4 Å². The van der Waals surface area contributed by atoms with Gasteiger partial charge in [0.2, 0.25) is 5.91 Å². The normalized spacial score (nSPS) is 32.3. The van der Waals surface area contributed by atoms with Crippen LogP contribution in [0.25, 0.3) is 0 Å². The zero-order chi connectivity index (χ0) is 16.8. The highest BCUT2D eigenvalue weighted by Gasteiger charge is 2.42. The van der Waals surface area contributed by atoms with Crippen LogP contribution in [0.4, 0.5) is 0 Å².